The number of aromatic hydroxyl groups is 1. The minimum atomic E-state index is -0.911. The van der Waals surface area contributed by atoms with E-state index >= 15 is 4.39 Å². The van der Waals surface area contributed by atoms with E-state index in [1.807, 2.05) is 11.8 Å². The lowest BCUT2D eigenvalue weighted by atomic mass is 9.94. The molecule has 1 unspecified atom stereocenters. The van der Waals surface area contributed by atoms with E-state index < -0.39 is 23.3 Å². The van der Waals surface area contributed by atoms with Crippen LogP contribution in [0.25, 0.3) is 32.9 Å². The first-order valence-corrected chi connectivity index (χ1v) is 15.6. The monoisotopic (exact) mass is 606 g/mol. The van der Waals surface area contributed by atoms with E-state index in [4.69, 9.17) is 15.5 Å². The largest absolute Gasteiger partial charge is 0.508 e. The normalized spacial score (nSPS) is 24.2. The number of hydrogen-bond donors (Lipinski definition) is 2. The summed E-state index contributed by atoms with van der Waals surface area (Å²) < 4.78 is 52.3. The summed E-state index contributed by atoms with van der Waals surface area (Å²) in [5.41, 5.74) is 6.60. The Kier molecular flexibility index (Phi) is 7.48. The van der Waals surface area contributed by atoms with Crippen molar-refractivity contribution in [1.82, 2.24) is 19.9 Å². The van der Waals surface area contributed by atoms with Crippen molar-refractivity contribution >= 4 is 27.5 Å². The molecule has 3 aliphatic heterocycles. The molecule has 0 radical (unpaired) electrons. The molecule has 3 fully saturated rings. The highest BCUT2D eigenvalue weighted by atomic mass is 19.1. The summed E-state index contributed by atoms with van der Waals surface area (Å²) in [6.45, 7) is 4.45. The number of ether oxygens (including phenoxy) is 1. The van der Waals surface area contributed by atoms with Gasteiger partial charge in [0.15, 0.2) is 5.82 Å². The van der Waals surface area contributed by atoms with Crippen LogP contribution in [-0.2, 0) is 6.42 Å². The number of phenolic OH excluding ortho intramolecular Hbond substituents is 1. The summed E-state index contributed by atoms with van der Waals surface area (Å²) in [7, 11) is 0. The molecule has 8 nitrogen and oxygen atoms in total. The number of nitrogens with zero attached hydrogens (tertiary/aromatic N) is 5. The predicted molar refractivity (Wildman–Crippen MR) is 164 cm³/mol. The van der Waals surface area contributed by atoms with Gasteiger partial charge in [-0.1, -0.05) is 19.4 Å². The first-order valence-electron chi connectivity index (χ1n) is 15.6. The Balaban J connectivity index is 1.38. The Morgan fingerprint density at radius 3 is 2.82 bits per heavy atom. The van der Waals surface area contributed by atoms with Crippen molar-refractivity contribution in [2.75, 3.05) is 37.7 Å². The van der Waals surface area contributed by atoms with Crippen LogP contribution >= 0.6 is 0 Å². The number of anilines is 1. The van der Waals surface area contributed by atoms with Crippen molar-refractivity contribution in [1.29, 1.82) is 0 Å². The second kappa shape index (κ2) is 11.3. The molecule has 0 saturated carbocycles. The Bertz CT molecular complexity index is 1740. The van der Waals surface area contributed by atoms with Gasteiger partial charge in [-0.2, -0.15) is 9.97 Å². The summed E-state index contributed by atoms with van der Waals surface area (Å²) in [4.78, 5) is 18.0. The SMILES string of the molecule is CCc1c(F)ccc2cc(O)cc(-c3ncc4c(N5CCCCC(N)C5)nc(OC[C@@]56CCCN5C[C@H](F)C6)nc4c3F)c12. The maximum absolute atomic E-state index is 16.8. The minimum Gasteiger partial charge on any atom is -0.508 e. The Morgan fingerprint density at radius 2 is 1.98 bits per heavy atom. The van der Waals surface area contributed by atoms with E-state index in [0.717, 1.165) is 38.6 Å². The van der Waals surface area contributed by atoms with Gasteiger partial charge >= 0.3 is 6.01 Å². The maximum Gasteiger partial charge on any atom is 0.319 e. The Hall–Kier alpha value is -3.70. The highest BCUT2D eigenvalue weighted by Gasteiger charge is 2.49. The standard InChI is InChI=1S/C33H37F3N6O2/c1-2-23-26(35)8-7-19-12-22(43)13-24(27(19)23)29-28(36)30-25(15-38-29)31(41-10-4-3-6-21(37)17-41)40-32(39-30)44-18-33-9-5-11-42(33)16-20(34)14-33/h7-8,12-13,15,20-21,43H,2-6,9-11,14,16-18,37H2,1H3/t20-,21?,33+/m1/s1. The molecular weight excluding hydrogens is 569 g/mol. The van der Waals surface area contributed by atoms with Crippen molar-refractivity contribution in [2.45, 2.75) is 69.6 Å². The van der Waals surface area contributed by atoms with E-state index in [1.54, 1.807) is 6.07 Å². The molecule has 3 aliphatic rings. The molecule has 11 heteroatoms. The molecule has 44 heavy (non-hydrogen) atoms. The maximum atomic E-state index is 16.8. The quantitative estimate of drug-likeness (QED) is 0.290. The zero-order valence-electron chi connectivity index (χ0n) is 24.8. The van der Waals surface area contributed by atoms with Crippen LogP contribution < -0.4 is 15.4 Å². The summed E-state index contributed by atoms with van der Waals surface area (Å²) in [5.74, 6) is -0.735. The third-order valence-electron chi connectivity index (χ3n) is 9.64. The summed E-state index contributed by atoms with van der Waals surface area (Å²) in [6, 6.07) is 5.79. The summed E-state index contributed by atoms with van der Waals surface area (Å²) in [6.07, 6.45) is 5.92. The first-order chi connectivity index (χ1) is 21.3. The van der Waals surface area contributed by atoms with Crippen LogP contribution in [0, 0.1) is 11.6 Å². The molecule has 4 aromatic rings. The fourth-order valence-electron chi connectivity index (χ4n) is 7.56. The number of pyridine rings is 1. The van der Waals surface area contributed by atoms with Crippen LogP contribution in [0.2, 0.25) is 0 Å². The number of rotatable bonds is 6. The average molecular weight is 607 g/mol. The van der Waals surface area contributed by atoms with Gasteiger partial charge in [0.25, 0.3) is 0 Å². The number of aryl methyl sites for hydroxylation is 1. The van der Waals surface area contributed by atoms with Gasteiger partial charge in [-0.3, -0.25) is 9.88 Å². The number of hydrogen-bond acceptors (Lipinski definition) is 8. The third kappa shape index (κ3) is 4.99. The number of benzene rings is 2. The molecule has 0 amide bonds. The van der Waals surface area contributed by atoms with Crippen molar-refractivity contribution in [3.05, 3.63) is 47.7 Å². The highest BCUT2D eigenvalue weighted by Crippen LogP contribution is 2.42. The molecule has 2 aromatic carbocycles. The van der Waals surface area contributed by atoms with Crippen LogP contribution in [0.5, 0.6) is 11.8 Å². The first kappa shape index (κ1) is 29.0. The van der Waals surface area contributed by atoms with E-state index in [-0.39, 0.29) is 41.2 Å². The van der Waals surface area contributed by atoms with Gasteiger partial charge in [0, 0.05) is 43.9 Å². The smallest absolute Gasteiger partial charge is 0.319 e. The molecule has 0 spiro atoms. The van der Waals surface area contributed by atoms with E-state index in [2.05, 4.69) is 14.9 Å². The second-order valence-corrected chi connectivity index (χ2v) is 12.5. The van der Waals surface area contributed by atoms with Crippen LogP contribution in [0.4, 0.5) is 19.0 Å². The molecular formula is C33H37F3N6O2. The van der Waals surface area contributed by atoms with Crippen molar-refractivity contribution in [3.63, 3.8) is 0 Å². The zero-order chi connectivity index (χ0) is 30.6. The number of alkyl halides is 1. The minimum absolute atomic E-state index is 0.00552. The molecule has 3 atom stereocenters. The lowest BCUT2D eigenvalue weighted by molar-refractivity contribution is 0.107. The van der Waals surface area contributed by atoms with Gasteiger partial charge in [-0.05, 0) is 73.2 Å². The van der Waals surface area contributed by atoms with E-state index in [9.17, 15) is 13.9 Å². The van der Waals surface area contributed by atoms with Crippen molar-refractivity contribution < 1.29 is 23.0 Å². The highest BCUT2D eigenvalue weighted by molar-refractivity contribution is 6.01. The number of nitrogens with two attached hydrogens (primary N) is 1. The number of phenols is 1. The molecule has 232 valence electrons. The van der Waals surface area contributed by atoms with Crippen LogP contribution in [0.15, 0.2) is 30.5 Å². The molecule has 2 aromatic heterocycles. The topological polar surface area (TPSA) is 101 Å². The number of fused-ring (bicyclic) bond motifs is 3. The lowest BCUT2D eigenvalue weighted by Gasteiger charge is -2.31. The van der Waals surface area contributed by atoms with Gasteiger partial charge in [-0.25, -0.2) is 13.2 Å². The Labute approximate surface area is 254 Å². The lowest BCUT2D eigenvalue weighted by Crippen LogP contribution is -2.43. The van der Waals surface area contributed by atoms with Gasteiger partial charge in [-0.15, -0.1) is 0 Å². The molecule has 0 bridgehead atoms. The Morgan fingerprint density at radius 1 is 1.11 bits per heavy atom. The molecule has 3 N–H and O–H groups in total. The van der Waals surface area contributed by atoms with Gasteiger partial charge in [0.2, 0.25) is 0 Å². The zero-order valence-corrected chi connectivity index (χ0v) is 24.8. The average Bonchev–Trinajstić information content (AvgIpc) is 3.43. The van der Waals surface area contributed by atoms with Crippen LogP contribution in [0.3, 0.4) is 0 Å². The van der Waals surface area contributed by atoms with E-state index in [1.165, 1.54) is 24.4 Å². The van der Waals surface area contributed by atoms with Gasteiger partial charge in [0.05, 0.1) is 10.9 Å². The van der Waals surface area contributed by atoms with E-state index in [0.29, 0.717) is 60.0 Å². The third-order valence-corrected chi connectivity index (χ3v) is 9.64. The predicted octanol–water partition coefficient (Wildman–Crippen LogP) is 5.66. The molecule has 0 aliphatic carbocycles. The number of halogens is 3. The molecule has 5 heterocycles. The summed E-state index contributed by atoms with van der Waals surface area (Å²) >= 11 is 0. The summed E-state index contributed by atoms with van der Waals surface area (Å²) in [5, 5.41) is 12.0. The van der Waals surface area contributed by atoms with Crippen molar-refractivity contribution in [2.24, 2.45) is 5.73 Å². The molecule has 7 rings (SSSR count). The van der Waals surface area contributed by atoms with Crippen LogP contribution in [-0.4, -0.2) is 75.5 Å². The van der Waals surface area contributed by atoms with Gasteiger partial charge in [0.1, 0.15) is 41.4 Å². The van der Waals surface area contributed by atoms with Crippen molar-refractivity contribution in [3.8, 4) is 23.0 Å². The number of aromatic nitrogens is 3. The second-order valence-electron chi connectivity index (χ2n) is 12.5. The fraction of sp³-hybridized carbons (Fsp3) is 0.485. The van der Waals surface area contributed by atoms with Gasteiger partial charge < -0.3 is 20.5 Å². The fourth-order valence-corrected chi connectivity index (χ4v) is 7.56. The van der Waals surface area contributed by atoms with Crippen LogP contribution in [0.1, 0.15) is 51.0 Å². The molecule has 3 saturated heterocycles.